The first-order chi connectivity index (χ1) is 15.7. The van der Waals surface area contributed by atoms with Gasteiger partial charge < -0.3 is 25.1 Å². The van der Waals surface area contributed by atoms with Crippen LogP contribution >= 0.6 is 0 Å². The molecular weight excluding hydrogens is 406 g/mol. The number of rotatable bonds is 7. The third-order valence-electron chi connectivity index (χ3n) is 5.15. The van der Waals surface area contributed by atoms with Crippen LogP contribution in [0.2, 0.25) is 0 Å². The standard InChI is InChI=1S/C24H25N5O3/c1-31-23-17-19(28-13-15-32-16-14-28)7-8-21(23)29-12-10-22(30)24(27-29)20(9-11-25)26-18-5-3-2-4-6-18/h2-12,17,25-26H,13-16H2,1H3/b20-9-,25-11?. The molecule has 32 heavy (non-hydrogen) atoms. The summed E-state index contributed by atoms with van der Waals surface area (Å²) in [5.41, 5.74) is 2.95. The highest BCUT2D eigenvalue weighted by molar-refractivity contribution is 5.86. The van der Waals surface area contributed by atoms with Crippen molar-refractivity contribution in [2.75, 3.05) is 43.6 Å². The van der Waals surface area contributed by atoms with Crippen molar-refractivity contribution in [3.63, 3.8) is 0 Å². The first-order valence-electron chi connectivity index (χ1n) is 10.3. The van der Waals surface area contributed by atoms with Gasteiger partial charge in [0.1, 0.15) is 11.4 Å². The summed E-state index contributed by atoms with van der Waals surface area (Å²) in [7, 11) is 1.61. The van der Waals surface area contributed by atoms with Gasteiger partial charge in [-0.1, -0.05) is 18.2 Å². The van der Waals surface area contributed by atoms with Crippen molar-refractivity contribution in [2.24, 2.45) is 0 Å². The fourth-order valence-electron chi connectivity index (χ4n) is 3.54. The van der Waals surface area contributed by atoms with Crippen molar-refractivity contribution in [3.05, 3.63) is 82.8 Å². The highest BCUT2D eigenvalue weighted by atomic mass is 16.5. The monoisotopic (exact) mass is 431 g/mol. The van der Waals surface area contributed by atoms with E-state index >= 15 is 0 Å². The summed E-state index contributed by atoms with van der Waals surface area (Å²) >= 11 is 0. The van der Waals surface area contributed by atoms with E-state index in [-0.39, 0.29) is 11.1 Å². The molecule has 1 saturated heterocycles. The maximum Gasteiger partial charge on any atom is 0.209 e. The van der Waals surface area contributed by atoms with E-state index < -0.39 is 0 Å². The molecule has 4 rings (SSSR count). The summed E-state index contributed by atoms with van der Waals surface area (Å²) in [4.78, 5) is 14.9. The van der Waals surface area contributed by atoms with Crippen LogP contribution in [0.3, 0.4) is 0 Å². The predicted molar refractivity (Wildman–Crippen MR) is 126 cm³/mol. The molecule has 0 unspecified atom stereocenters. The lowest BCUT2D eigenvalue weighted by molar-refractivity contribution is 0.122. The third-order valence-corrected chi connectivity index (χ3v) is 5.15. The lowest BCUT2D eigenvalue weighted by Gasteiger charge is -2.29. The summed E-state index contributed by atoms with van der Waals surface area (Å²) in [6, 6.07) is 16.8. The number of hydrogen-bond donors (Lipinski definition) is 2. The molecule has 0 amide bonds. The summed E-state index contributed by atoms with van der Waals surface area (Å²) in [6.07, 6.45) is 4.25. The van der Waals surface area contributed by atoms with Crippen LogP contribution in [-0.4, -0.2) is 49.4 Å². The Kier molecular flexibility index (Phi) is 6.62. The molecule has 8 nitrogen and oxygen atoms in total. The molecule has 164 valence electrons. The van der Waals surface area contributed by atoms with Gasteiger partial charge in [0.05, 0.1) is 26.0 Å². The van der Waals surface area contributed by atoms with Gasteiger partial charge in [-0.15, -0.1) is 0 Å². The van der Waals surface area contributed by atoms with E-state index in [1.165, 1.54) is 12.1 Å². The molecule has 0 aliphatic carbocycles. The van der Waals surface area contributed by atoms with Crippen molar-refractivity contribution in [2.45, 2.75) is 0 Å². The highest BCUT2D eigenvalue weighted by Crippen LogP contribution is 2.29. The smallest absolute Gasteiger partial charge is 0.209 e. The van der Waals surface area contributed by atoms with Gasteiger partial charge in [0.25, 0.3) is 0 Å². The molecule has 2 heterocycles. The molecule has 0 bridgehead atoms. The number of hydrogen-bond acceptors (Lipinski definition) is 7. The first kappa shape index (κ1) is 21.3. The number of nitrogens with one attached hydrogen (secondary N) is 2. The van der Waals surface area contributed by atoms with Crippen LogP contribution in [0.5, 0.6) is 5.75 Å². The van der Waals surface area contributed by atoms with Crippen molar-refractivity contribution in [1.29, 1.82) is 5.41 Å². The Morgan fingerprint density at radius 3 is 2.66 bits per heavy atom. The molecule has 0 spiro atoms. The average molecular weight is 431 g/mol. The zero-order valence-electron chi connectivity index (χ0n) is 17.8. The van der Waals surface area contributed by atoms with E-state index in [4.69, 9.17) is 14.9 Å². The molecular formula is C24H25N5O3. The van der Waals surface area contributed by atoms with Gasteiger partial charge in [-0.2, -0.15) is 5.10 Å². The summed E-state index contributed by atoms with van der Waals surface area (Å²) in [5.74, 6) is 0.643. The second-order valence-corrected chi connectivity index (χ2v) is 7.17. The zero-order valence-corrected chi connectivity index (χ0v) is 17.8. The minimum atomic E-state index is -0.248. The number of nitrogens with zero attached hydrogens (tertiary/aromatic N) is 3. The Morgan fingerprint density at radius 2 is 1.94 bits per heavy atom. The van der Waals surface area contributed by atoms with E-state index in [0.717, 1.165) is 30.7 Å². The predicted octanol–water partition coefficient (Wildman–Crippen LogP) is 3.18. The van der Waals surface area contributed by atoms with Crippen molar-refractivity contribution in [1.82, 2.24) is 9.78 Å². The van der Waals surface area contributed by atoms with Crippen LogP contribution in [0.15, 0.2) is 71.7 Å². The molecule has 2 aromatic carbocycles. The van der Waals surface area contributed by atoms with Crippen LogP contribution in [0.1, 0.15) is 5.69 Å². The van der Waals surface area contributed by atoms with E-state index in [0.29, 0.717) is 30.3 Å². The number of ether oxygens (including phenoxy) is 2. The molecule has 1 aliphatic rings. The summed E-state index contributed by atoms with van der Waals surface area (Å²) < 4.78 is 12.7. The Morgan fingerprint density at radius 1 is 1.16 bits per heavy atom. The van der Waals surface area contributed by atoms with Gasteiger partial charge in [-0.3, -0.25) is 4.79 Å². The van der Waals surface area contributed by atoms with Gasteiger partial charge in [0.2, 0.25) is 5.43 Å². The maximum atomic E-state index is 12.6. The normalized spacial score (nSPS) is 14.2. The second-order valence-electron chi connectivity index (χ2n) is 7.17. The highest BCUT2D eigenvalue weighted by Gasteiger charge is 2.16. The van der Waals surface area contributed by atoms with Gasteiger partial charge >= 0.3 is 0 Å². The fraction of sp³-hybridized carbons (Fsp3) is 0.208. The topological polar surface area (TPSA) is 92.5 Å². The molecule has 3 aromatic rings. The van der Waals surface area contributed by atoms with Crippen LogP contribution in [0.4, 0.5) is 11.4 Å². The quantitative estimate of drug-likeness (QED) is 0.558. The van der Waals surface area contributed by atoms with Gasteiger partial charge in [0, 0.05) is 49.0 Å². The van der Waals surface area contributed by atoms with E-state index in [1.807, 2.05) is 48.5 Å². The molecule has 0 saturated carbocycles. The van der Waals surface area contributed by atoms with Gasteiger partial charge in [0.15, 0.2) is 5.69 Å². The number of morpholine rings is 1. The SMILES string of the molecule is COc1cc(N2CCOCC2)ccc1-n1ccc(=O)c(/C(=C/C=N)Nc2ccccc2)n1. The first-order valence-corrected chi connectivity index (χ1v) is 10.3. The number of allylic oxidation sites excluding steroid dienone is 1. The van der Waals surface area contributed by atoms with Gasteiger partial charge in [-0.25, -0.2) is 4.68 Å². The number of anilines is 2. The zero-order chi connectivity index (χ0) is 22.3. The molecule has 0 atom stereocenters. The third kappa shape index (κ3) is 4.70. The Balaban J connectivity index is 1.70. The van der Waals surface area contributed by atoms with Crippen LogP contribution < -0.4 is 20.4 Å². The largest absolute Gasteiger partial charge is 0.494 e. The van der Waals surface area contributed by atoms with Crippen LogP contribution in [0.25, 0.3) is 11.4 Å². The lowest BCUT2D eigenvalue weighted by atomic mass is 10.2. The lowest BCUT2D eigenvalue weighted by Crippen LogP contribution is -2.36. The molecule has 1 aromatic heterocycles. The average Bonchev–Trinajstić information content (AvgIpc) is 2.85. The van der Waals surface area contributed by atoms with Gasteiger partial charge in [-0.05, 0) is 30.3 Å². The molecule has 1 aliphatic heterocycles. The Labute approximate surface area is 186 Å². The van der Waals surface area contributed by atoms with Crippen molar-refractivity contribution < 1.29 is 9.47 Å². The van der Waals surface area contributed by atoms with Crippen molar-refractivity contribution in [3.8, 4) is 11.4 Å². The Hall–Kier alpha value is -3.91. The number of aromatic nitrogens is 2. The van der Waals surface area contributed by atoms with Crippen LogP contribution in [0, 0.1) is 5.41 Å². The summed E-state index contributed by atoms with van der Waals surface area (Å²) in [5, 5.41) is 15.3. The van der Waals surface area contributed by atoms with Crippen LogP contribution in [-0.2, 0) is 4.74 Å². The number of methoxy groups -OCH3 is 1. The van der Waals surface area contributed by atoms with E-state index in [2.05, 4.69) is 15.3 Å². The molecule has 0 radical (unpaired) electrons. The summed E-state index contributed by atoms with van der Waals surface area (Å²) in [6.45, 7) is 3.05. The molecule has 1 fully saturated rings. The van der Waals surface area contributed by atoms with Crippen molar-refractivity contribution >= 4 is 23.3 Å². The minimum Gasteiger partial charge on any atom is -0.494 e. The minimum absolute atomic E-state index is 0.208. The Bertz CT molecular complexity index is 1170. The van der Waals surface area contributed by atoms with E-state index in [1.54, 1.807) is 18.0 Å². The second kappa shape index (κ2) is 9.93. The maximum absolute atomic E-state index is 12.6. The van der Waals surface area contributed by atoms with E-state index in [9.17, 15) is 4.79 Å². The fourth-order valence-corrected chi connectivity index (χ4v) is 3.54. The molecule has 8 heteroatoms. The number of benzene rings is 2. The number of para-hydroxylation sites is 1. The molecule has 2 N–H and O–H groups in total.